The molecule has 2 aromatic rings. The minimum absolute atomic E-state index is 0.0682. The molecule has 104 valence electrons. The fourth-order valence-electron chi connectivity index (χ4n) is 1.22. The summed E-state index contributed by atoms with van der Waals surface area (Å²) >= 11 is -0.556. The quantitative estimate of drug-likeness (QED) is 0.514. The van der Waals surface area contributed by atoms with E-state index in [4.69, 9.17) is 23.7 Å². The molecular weight excluding hydrogens is 315 g/mol. The zero-order valence-corrected chi connectivity index (χ0v) is 14.4. The van der Waals surface area contributed by atoms with E-state index in [0.29, 0.717) is 0 Å². The van der Waals surface area contributed by atoms with E-state index in [-0.39, 0.29) is 11.2 Å². The van der Waals surface area contributed by atoms with Crippen LogP contribution in [0, 0.1) is 6.07 Å². The molecule has 0 amide bonds. The van der Waals surface area contributed by atoms with Crippen LogP contribution in [0.3, 0.4) is 0 Å². The van der Waals surface area contributed by atoms with Gasteiger partial charge in [-0.05, 0) is 5.41 Å². The Hall–Kier alpha value is -0.336. The molecule has 0 unspecified atom stereocenters. The molecule has 0 bridgehead atoms. The molecule has 0 fully saturated rings. The predicted octanol–water partition coefficient (Wildman–Crippen LogP) is 5.27. The fraction of sp³-hybridized carbons (Fsp3) is 0.267. The second-order valence-corrected chi connectivity index (χ2v) is 7.31. The fourth-order valence-corrected chi connectivity index (χ4v) is 1.22. The molecule has 2 aromatic carbocycles. The van der Waals surface area contributed by atoms with Crippen molar-refractivity contribution < 1.29 is 22.1 Å². The summed E-state index contributed by atoms with van der Waals surface area (Å²) in [4.78, 5) is 0. The van der Waals surface area contributed by atoms with Crippen LogP contribution in [0.15, 0.2) is 48.5 Å². The normalized spacial score (nSPS) is 9.53. The standard InChI is InChI=1S/C10H13O.C5H5.2ClH.Ti/c1-10(2,3)8-5-4-6-9(11)7-8;1-2-4-5-3-1;;;/h4-6,11H,1-3H3;1-5H;2*1H;/q2*-1;;;+2/p-2. The summed E-state index contributed by atoms with van der Waals surface area (Å²) in [6.07, 6.45) is 0. The third kappa shape index (κ3) is 10.2. The summed E-state index contributed by atoms with van der Waals surface area (Å²) in [6.45, 7) is 6.29. The van der Waals surface area contributed by atoms with E-state index in [2.05, 4.69) is 26.8 Å². The Bertz CT molecular complexity index is 405. The second-order valence-electron chi connectivity index (χ2n) is 4.73. The maximum atomic E-state index is 9.12. The maximum absolute atomic E-state index is 9.12. The molecule has 0 atom stereocenters. The number of halogens is 2. The molecule has 2 rings (SSSR count). The smallest absolute Gasteiger partial charge is 0.172 e. The molecule has 1 nitrogen and oxygen atoms in total. The van der Waals surface area contributed by atoms with Gasteiger partial charge in [0.25, 0.3) is 0 Å². The molecule has 0 spiro atoms. The first-order chi connectivity index (χ1) is 8.91. The average Bonchev–Trinajstić information content (AvgIpc) is 2.87. The number of rotatable bonds is 0. The Balaban J connectivity index is 0.000000334. The van der Waals surface area contributed by atoms with E-state index in [1.807, 2.05) is 42.5 Å². The zero-order valence-electron chi connectivity index (χ0n) is 11.3. The van der Waals surface area contributed by atoms with Gasteiger partial charge in [-0.3, -0.25) is 0 Å². The van der Waals surface area contributed by atoms with Crippen LogP contribution in [0.2, 0.25) is 0 Å². The van der Waals surface area contributed by atoms with E-state index in [0.717, 1.165) is 5.56 Å². The van der Waals surface area contributed by atoms with Crippen molar-refractivity contribution in [2.24, 2.45) is 0 Å². The van der Waals surface area contributed by atoms with E-state index in [1.54, 1.807) is 6.07 Å². The maximum Gasteiger partial charge on any atom is -0.172 e. The van der Waals surface area contributed by atoms with Gasteiger partial charge in [-0.25, -0.2) is 12.1 Å². The van der Waals surface area contributed by atoms with Gasteiger partial charge >= 0.3 is 35.6 Å². The number of hydrogen-bond acceptors (Lipinski definition) is 1. The van der Waals surface area contributed by atoms with Crippen molar-refractivity contribution in [3.05, 3.63) is 60.2 Å². The van der Waals surface area contributed by atoms with Crippen molar-refractivity contribution in [3.63, 3.8) is 0 Å². The van der Waals surface area contributed by atoms with Gasteiger partial charge < -0.3 is 5.11 Å². The van der Waals surface area contributed by atoms with Gasteiger partial charge in [-0.1, -0.05) is 20.8 Å². The molecule has 1 N–H and O–H groups in total. The minimum Gasteiger partial charge on any atom is -0.214 e. The van der Waals surface area contributed by atoms with Crippen molar-refractivity contribution >= 4 is 18.6 Å². The summed E-state index contributed by atoms with van der Waals surface area (Å²) < 4.78 is 0. The molecule has 0 heterocycles. The first-order valence-corrected chi connectivity index (χ1v) is 10.1. The summed E-state index contributed by atoms with van der Waals surface area (Å²) in [7, 11) is 9.78. The molecule has 0 aliphatic heterocycles. The number of phenolic OH excluding ortho intramolecular Hbond substituents is 1. The van der Waals surface area contributed by atoms with Gasteiger partial charge in [-0.15, -0.1) is 12.1 Å². The first-order valence-electron chi connectivity index (χ1n) is 5.76. The first kappa shape index (κ1) is 18.7. The van der Waals surface area contributed by atoms with Gasteiger partial charge in [0, 0.05) is 5.75 Å². The van der Waals surface area contributed by atoms with E-state index in [1.165, 1.54) is 0 Å². The van der Waals surface area contributed by atoms with Crippen LogP contribution < -0.4 is 0 Å². The van der Waals surface area contributed by atoms with Crippen LogP contribution in [0.1, 0.15) is 26.3 Å². The van der Waals surface area contributed by atoms with Crippen molar-refractivity contribution in [1.29, 1.82) is 0 Å². The van der Waals surface area contributed by atoms with Crippen molar-refractivity contribution in [3.8, 4) is 5.75 Å². The van der Waals surface area contributed by atoms with Gasteiger partial charge in [0.15, 0.2) is 0 Å². The Morgan fingerprint density at radius 2 is 1.63 bits per heavy atom. The molecular formula is C15H18Cl2OTi-2. The molecule has 0 aliphatic carbocycles. The summed E-state index contributed by atoms with van der Waals surface area (Å²) in [6, 6.07) is 18.3. The number of benzene rings is 1. The van der Waals surface area contributed by atoms with Crippen molar-refractivity contribution in [2.75, 3.05) is 0 Å². The monoisotopic (exact) mass is 332 g/mol. The Morgan fingerprint density at radius 3 is 1.89 bits per heavy atom. The van der Waals surface area contributed by atoms with Crippen molar-refractivity contribution in [2.45, 2.75) is 26.2 Å². The van der Waals surface area contributed by atoms with Gasteiger partial charge in [-0.2, -0.15) is 35.9 Å². The number of phenols is 1. The van der Waals surface area contributed by atoms with Crippen LogP contribution in [-0.4, -0.2) is 5.11 Å². The Labute approximate surface area is 132 Å². The second kappa shape index (κ2) is 10.5. The third-order valence-corrected chi connectivity index (χ3v) is 2.14. The van der Waals surface area contributed by atoms with Gasteiger partial charge in [0.05, 0.1) is 0 Å². The molecule has 0 saturated heterocycles. The van der Waals surface area contributed by atoms with E-state index in [9.17, 15) is 0 Å². The zero-order chi connectivity index (χ0) is 14.7. The Morgan fingerprint density at radius 1 is 1.11 bits per heavy atom. The largest absolute Gasteiger partial charge is 0.214 e. The van der Waals surface area contributed by atoms with Gasteiger partial charge in [0.1, 0.15) is 0 Å². The predicted molar refractivity (Wildman–Crippen MR) is 79.4 cm³/mol. The van der Waals surface area contributed by atoms with Crippen LogP contribution in [0.25, 0.3) is 0 Å². The van der Waals surface area contributed by atoms with E-state index < -0.39 is 17.0 Å². The summed E-state index contributed by atoms with van der Waals surface area (Å²) in [5.74, 6) is 0.220. The number of aromatic hydroxyl groups is 1. The molecule has 0 saturated carbocycles. The van der Waals surface area contributed by atoms with Crippen LogP contribution in [0.5, 0.6) is 5.75 Å². The Kier molecular flexibility index (Phi) is 10.3. The van der Waals surface area contributed by atoms with Crippen molar-refractivity contribution in [1.82, 2.24) is 0 Å². The summed E-state index contributed by atoms with van der Waals surface area (Å²) in [5.41, 5.74) is 1.11. The van der Waals surface area contributed by atoms with Crippen LogP contribution in [0.4, 0.5) is 0 Å². The van der Waals surface area contributed by atoms with Crippen LogP contribution >= 0.6 is 18.6 Å². The number of hydrogen-bond donors (Lipinski definition) is 1. The van der Waals surface area contributed by atoms with E-state index >= 15 is 0 Å². The third-order valence-electron chi connectivity index (χ3n) is 2.14. The molecule has 0 radical (unpaired) electrons. The van der Waals surface area contributed by atoms with Gasteiger partial charge in [0.2, 0.25) is 0 Å². The molecule has 19 heavy (non-hydrogen) atoms. The average molecular weight is 333 g/mol. The molecule has 4 heteroatoms. The molecule has 0 aromatic heterocycles. The van der Waals surface area contributed by atoms with Crippen LogP contribution in [-0.2, 0) is 22.4 Å². The summed E-state index contributed by atoms with van der Waals surface area (Å²) in [5, 5.41) is 9.12. The minimum atomic E-state index is -0.556. The molecule has 0 aliphatic rings. The topological polar surface area (TPSA) is 20.2 Å². The SMILES string of the molecule is CC(C)(C)c1[c-]c(O)ccc1.[Cl][Ti][Cl].c1cc[cH-]c1.